The summed E-state index contributed by atoms with van der Waals surface area (Å²) in [4.78, 5) is 32.6. The zero-order valence-corrected chi connectivity index (χ0v) is 17.8. The fourth-order valence-corrected chi connectivity index (χ4v) is 3.42. The Hall–Kier alpha value is -3.55. The Morgan fingerprint density at radius 2 is 2.03 bits per heavy atom. The summed E-state index contributed by atoms with van der Waals surface area (Å²) in [6, 6.07) is 2.92. The highest BCUT2D eigenvalue weighted by Crippen LogP contribution is 2.34. The van der Waals surface area contributed by atoms with Crippen LogP contribution in [0.5, 0.6) is 5.75 Å². The van der Waals surface area contributed by atoms with E-state index in [1.165, 1.54) is 43.0 Å². The molecule has 156 valence electrons. The molecule has 3 heterocycles. The molecule has 11 heteroatoms. The molecular weight excluding hydrogens is 440 g/mol. The number of anilines is 1. The van der Waals surface area contributed by atoms with Crippen molar-refractivity contribution in [1.82, 2.24) is 20.2 Å². The minimum absolute atomic E-state index is 0.0184. The van der Waals surface area contributed by atoms with Crippen LogP contribution in [0.15, 0.2) is 24.5 Å². The second-order valence-electron chi connectivity index (χ2n) is 6.60. The number of nitrogens with two attached hydrogens (primary N) is 1. The Labute approximate surface area is 186 Å². The minimum atomic E-state index is -0.740. The maximum absolute atomic E-state index is 13.0. The van der Waals surface area contributed by atoms with Gasteiger partial charge in [0.25, 0.3) is 11.8 Å². The first-order valence-corrected chi connectivity index (χ1v) is 10.3. The molecule has 0 aliphatic heterocycles. The van der Waals surface area contributed by atoms with Gasteiger partial charge in [-0.15, -0.1) is 10.2 Å². The summed E-state index contributed by atoms with van der Waals surface area (Å²) in [5.41, 5.74) is 6.30. The maximum atomic E-state index is 13.0. The van der Waals surface area contributed by atoms with Crippen molar-refractivity contribution in [2.24, 2.45) is 11.7 Å². The van der Waals surface area contributed by atoms with Crippen molar-refractivity contribution >= 4 is 39.9 Å². The number of aromatic nitrogens is 4. The molecule has 0 atom stereocenters. The molecule has 3 aromatic rings. The van der Waals surface area contributed by atoms with Gasteiger partial charge in [-0.2, -0.15) is 0 Å². The van der Waals surface area contributed by atoms with Crippen molar-refractivity contribution < 1.29 is 14.3 Å². The number of primary amides is 1. The number of halogens is 1. The van der Waals surface area contributed by atoms with Crippen LogP contribution >= 0.6 is 22.9 Å². The van der Waals surface area contributed by atoms with Crippen molar-refractivity contribution in [2.45, 2.75) is 12.8 Å². The number of nitrogens with one attached hydrogen (secondary N) is 1. The fourth-order valence-electron chi connectivity index (χ4n) is 2.66. The van der Waals surface area contributed by atoms with Crippen molar-refractivity contribution in [3.05, 3.63) is 45.9 Å². The van der Waals surface area contributed by atoms with Gasteiger partial charge in [0.05, 0.1) is 18.9 Å². The molecule has 0 saturated heterocycles. The summed E-state index contributed by atoms with van der Waals surface area (Å²) in [6.45, 7) is 0. The van der Waals surface area contributed by atoms with Crippen LogP contribution < -0.4 is 15.8 Å². The minimum Gasteiger partial charge on any atom is -0.494 e. The van der Waals surface area contributed by atoms with Gasteiger partial charge in [0.15, 0.2) is 5.01 Å². The highest BCUT2D eigenvalue weighted by atomic mass is 35.5. The van der Waals surface area contributed by atoms with Gasteiger partial charge >= 0.3 is 0 Å². The molecule has 1 fully saturated rings. The zero-order valence-electron chi connectivity index (χ0n) is 16.2. The number of methoxy groups -OCH3 is 1. The lowest BCUT2D eigenvalue weighted by molar-refractivity contribution is 0.0990. The number of hydrogen-bond acceptors (Lipinski definition) is 8. The lowest BCUT2D eigenvalue weighted by atomic mass is 10.00. The van der Waals surface area contributed by atoms with Crippen LogP contribution in [0.25, 0.3) is 11.1 Å². The average molecular weight is 455 g/mol. The van der Waals surface area contributed by atoms with E-state index in [1.54, 1.807) is 0 Å². The molecule has 3 aromatic heterocycles. The van der Waals surface area contributed by atoms with Gasteiger partial charge in [0, 0.05) is 23.2 Å². The summed E-state index contributed by atoms with van der Waals surface area (Å²) in [7, 11) is 1.45. The van der Waals surface area contributed by atoms with Gasteiger partial charge in [-0.3, -0.25) is 19.9 Å². The monoisotopic (exact) mass is 454 g/mol. The molecule has 4 rings (SSSR count). The van der Waals surface area contributed by atoms with E-state index in [2.05, 4.69) is 37.3 Å². The Morgan fingerprint density at radius 1 is 1.23 bits per heavy atom. The van der Waals surface area contributed by atoms with Gasteiger partial charge in [-0.1, -0.05) is 28.9 Å². The lowest BCUT2D eigenvalue weighted by Gasteiger charge is -2.13. The second kappa shape index (κ2) is 8.67. The summed E-state index contributed by atoms with van der Waals surface area (Å²) < 4.78 is 5.34. The van der Waals surface area contributed by atoms with Crippen LogP contribution in [-0.2, 0) is 0 Å². The molecule has 1 saturated carbocycles. The molecule has 0 spiro atoms. The molecular formula is C20H15ClN6O3S. The maximum Gasteiger partial charge on any atom is 0.267 e. The SMILES string of the molecule is COc1cnc(Cl)cc1-c1cc(C(N)=O)ncc1C(=O)Nc1nnc(C#CC2CC2)s1. The molecule has 1 aliphatic carbocycles. The predicted molar refractivity (Wildman–Crippen MR) is 115 cm³/mol. The van der Waals surface area contributed by atoms with Crippen LogP contribution in [0.2, 0.25) is 5.15 Å². The highest BCUT2D eigenvalue weighted by molar-refractivity contribution is 7.15. The number of ether oxygens (including phenoxy) is 1. The Balaban J connectivity index is 1.69. The van der Waals surface area contributed by atoms with Crippen molar-refractivity contribution in [3.8, 4) is 28.7 Å². The predicted octanol–water partition coefficient (Wildman–Crippen LogP) is 2.77. The normalized spacial score (nSPS) is 12.6. The van der Waals surface area contributed by atoms with E-state index < -0.39 is 11.8 Å². The Morgan fingerprint density at radius 3 is 2.74 bits per heavy atom. The second-order valence-corrected chi connectivity index (χ2v) is 7.96. The number of nitrogens with zero attached hydrogens (tertiary/aromatic N) is 4. The zero-order chi connectivity index (χ0) is 22.0. The standard InChI is InChI=1S/C20H15ClN6O3S/c1-30-15-9-24-16(21)7-12(15)11-6-14(18(22)28)23-8-13(11)19(29)25-20-27-26-17(31-20)5-4-10-2-3-10/h6-10H,2-3H2,1H3,(H2,22,28)(H,25,27,29). The molecule has 0 aromatic carbocycles. The number of carbonyl (C=O) groups excluding carboxylic acids is 2. The lowest BCUT2D eigenvalue weighted by Crippen LogP contribution is -2.17. The first-order chi connectivity index (χ1) is 14.9. The Bertz CT molecular complexity index is 1250. The molecule has 1 aliphatic rings. The Kier molecular flexibility index (Phi) is 5.79. The molecule has 3 N–H and O–H groups in total. The average Bonchev–Trinajstić information content (AvgIpc) is 3.49. The first kappa shape index (κ1) is 20.7. The van der Waals surface area contributed by atoms with E-state index in [-0.39, 0.29) is 21.5 Å². The topological polar surface area (TPSA) is 133 Å². The number of carbonyl (C=O) groups is 2. The molecule has 0 unspecified atom stereocenters. The third-order valence-electron chi connectivity index (χ3n) is 4.35. The van der Waals surface area contributed by atoms with Gasteiger partial charge < -0.3 is 10.5 Å². The van der Waals surface area contributed by atoms with Crippen molar-refractivity contribution in [1.29, 1.82) is 0 Å². The molecule has 0 radical (unpaired) electrons. The van der Waals surface area contributed by atoms with Crippen LogP contribution in [0.3, 0.4) is 0 Å². The summed E-state index contributed by atoms with van der Waals surface area (Å²) in [6.07, 6.45) is 4.89. The number of rotatable bonds is 5. The summed E-state index contributed by atoms with van der Waals surface area (Å²) >= 11 is 7.21. The van der Waals surface area contributed by atoms with E-state index in [0.717, 1.165) is 12.8 Å². The molecule has 31 heavy (non-hydrogen) atoms. The van der Waals surface area contributed by atoms with Crippen LogP contribution in [0, 0.1) is 17.8 Å². The number of pyridine rings is 2. The molecule has 0 bridgehead atoms. The fraction of sp³-hybridized carbons (Fsp3) is 0.200. The van der Waals surface area contributed by atoms with Crippen LogP contribution in [-0.4, -0.2) is 39.1 Å². The number of amides is 2. The van der Waals surface area contributed by atoms with Gasteiger partial charge in [0.1, 0.15) is 16.6 Å². The smallest absolute Gasteiger partial charge is 0.267 e. The van der Waals surface area contributed by atoms with Crippen LogP contribution in [0.4, 0.5) is 5.13 Å². The summed E-state index contributed by atoms with van der Waals surface area (Å²) in [5, 5.41) is 11.6. The van der Waals surface area contributed by atoms with E-state index in [9.17, 15) is 9.59 Å². The largest absolute Gasteiger partial charge is 0.494 e. The van der Waals surface area contributed by atoms with Gasteiger partial charge in [0.2, 0.25) is 5.13 Å². The van der Waals surface area contributed by atoms with Gasteiger partial charge in [-0.25, -0.2) is 4.98 Å². The van der Waals surface area contributed by atoms with Gasteiger partial charge in [-0.05, 0) is 30.9 Å². The highest BCUT2D eigenvalue weighted by Gasteiger charge is 2.21. The quantitative estimate of drug-likeness (QED) is 0.447. The molecule has 2 amide bonds. The summed E-state index contributed by atoms with van der Waals surface area (Å²) in [5.74, 6) is 5.59. The van der Waals surface area contributed by atoms with Crippen molar-refractivity contribution in [3.63, 3.8) is 0 Å². The molecule has 9 nitrogen and oxygen atoms in total. The number of hydrogen-bond donors (Lipinski definition) is 2. The first-order valence-electron chi connectivity index (χ1n) is 9.10. The van der Waals surface area contributed by atoms with Crippen LogP contribution in [0.1, 0.15) is 38.7 Å². The van der Waals surface area contributed by atoms with Crippen molar-refractivity contribution in [2.75, 3.05) is 12.4 Å². The third kappa shape index (κ3) is 4.79. The van der Waals surface area contributed by atoms with E-state index >= 15 is 0 Å². The third-order valence-corrected chi connectivity index (χ3v) is 5.31. The van der Waals surface area contributed by atoms with E-state index in [1.807, 2.05) is 0 Å². The van der Waals surface area contributed by atoms with E-state index in [4.69, 9.17) is 22.1 Å². The van der Waals surface area contributed by atoms with E-state index in [0.29, 0.717) is 27.8 Å².